The first kappa shape index (κ1) is 14.3. The van der Waals surface area contributed by atoms with Gasteiger partial charge in [0.1, 0.15) is 11.4 Å². The van der Waals surface area contributed by atoms with E-state index in [0.717, 1.165) is 30.2 Å². The van der Waals surface area contributed by atoms with Gasteiger partial charge in [-0.25, -0.2) is 9.97 Å². The number of ether oxygens (including phenoxy) is 1. The van der Waals surface area contributed by atoms with Crippen molar-refractivity contribution in [3.63, 3.8) is 0 Å². The standard InChI is InChI=1S/C15H25N3O/c1-14(2,3)11-10-12(16-4)18-13(17-11)15(19-5)8-6-7-9-15/h10H,6-9H2,1-5H3,(H,16,17,18). The van der Waals surface area contributed by atoms with Crippen molar-refractivity contribution in [1.82, 2.24) is 9.97 Å². The van der Waals surface area contributed by atoms with Crippen LogP contribution in [0.25, 0.3) is 0 Å². The molecule has 0 saturated heterocycles. The molecule has 0 spiro atoms. The number of hydrogen-bond acceptors (Lipinski definition) is 4. The van der Waals surface area contributed by atoms with E-state index in [9.17, 15) is 0 Å². The maximum absolute atomic E-state index is 5.80. The SMILES string of the molecule is CNc1cc(C(C)(C)C)nc(C2(OC)CCCC2)n1. The maximum atomic E-state index is 5.80. The fourth-order valence-corrected chi connectivity index (χ4v) is 2.63. The van der Waals surface area contributed by atoms with Crippen LogP contribution < -0.4 is 5.32 Å². The van der Waals surface area contributed by atoms with E-state index in [2.05, 4.69) is 31.1 Å². The third-order valence-electron chi connectivity index (χ3n) is 3.96. The minimum atomic E-state index is -0.285. The van der Waals surface area contributed by atoms with E-state index < -0.39 is 0 Å². The lowest BCUT2D eigenvalue weighted by Crippen LogP contribution is -2.29. The molecule has 1 N–H and O–H groups in total. The topological polar surface area (TPSA) is 47.0 Å². The quantitative estimate of drug-likeness (QED) is 0.909. The molecule has 19 heavy (non-hydrogen) atoms. The van der Waals surface area contributed by atoms with Crippen LogP contribution in [0.5, 0.6) is 0 Å². The van der Waals surface area contributed by atoms with Crippen molar-refractivity contribution in [3.8, 4) is 0 Å². The summed E-state index contributed by atoms with van der Waals surface area (Å²) < 4.78 is 5.80. The Bertz CT molecular complexity index is 445. The van der Waals surface area contributed by atoms with Gasteiger partial charge in [0.25, 0.3) is 0 Å². The summed E-state index contributed by atoms with van der Waals surface area (Å²) in [5.41, 5.74) is 0.786. The average molecular weight is 263 g/mol. The predicted molar refractivity (Wildman–Crippen MR) is 77.4 cm³/mol. The molecule has 1 fully saturated rings. The summed E-state index contributed by atoms with van der Waals surface area (Å²) in [7, 11) is 3.67. The summed E-state index contributed by atoms with van der Waals surface area (Å²) in [6.45, 7) is 6.52. The van der Waals surface area contributed by atoms with Gasteiger partial charge in [-0.3, -0.25) is 0 Å². The molecule has 106 valence electrons. The van der Waals surface area contributed by atoms with Gasteiger partial charge in [0.2, 0.25) is 0 Å². The highest BCUT2D eigenvalue weighted by molar-refractivity contribution is 5.38. The Hall–Kier alpha value is -1.16. The van der Waals surface area contributed by atoms with Gasteiger partial charge in [0.15, 0.2) is 5.82 Å². The number of methoxy groups -OCH3 is 1. The predicted octanol–water partition coefficient (Wildman–Crippen LogP) is 3.23. The van der Waals surface area contributed by atoms with Crippen molar-refractivity contribution >= 4 is 5.82 Å². The van der Waals surface area contributed by atoms with Crippen molar-refractivity contribution in [2.45, 2.75) is 57.5 Å². The fourth-order valence-electron chi connectivity index (χ4n) is 2.63. The molecule has 1 saturated carbocycles. The van der Waals surface area contributed by atoms with Crippen LogP contribution in [-0.2, 0) is 15.8 Å². The van der Waals surface area contributed by atoms with Crippen LogP contribution in [0.2, 0.25) is 0 Å². The molecule has 2 rings (SSSR count). The number of hydrogen-bond donors (Lipinski definition) is 1. The number of nitrogens with one attached hydrogen (secondary N) is 1. The molecule has 4 nitrogen and oxygen atoms in total. The highest BCUT2D eigenvalue weighted by atomic mass is 16.5. The van der Waals surface area contributed by atoms with Gasteiger partial charge >= 0.3 is 0 Å². The highest BCUT2D eigenvalue weighted by Gasteiger charge is 2.39. The van der Waals surface area contributed by atoms with E-state index in [4.69, 9.17) is 9.72 Å². The molecule has 4 heteroatoms. The van der Waals surface area contributed by atoms with Gasteiger partial charge in [-0.1, -0.05) is 20.8 Å². The first-order valence-corrected chi connectivity index (χ1v) is 7.04. The van der Waals surface area contributed by atoms with E-state index in [0.29, 0.717) is 0 Å². The van der Waals surface area contributed by atoms with Crippen LogP contribution in [0.1, 0.15) is 58.0 Å². The van der Waals surface area contributed by atoms with Crippen LogP contribution in [0.4, 0.5) is 5.82 Å². The smallest absolute Gasteiger partial charge is 0.162 e. The average Bonchev–Trinajstić information content (AvgIpc) is 2.87. The van der Waals surface area contributed by atoms with E-state index in [1.165, 1.54) is 12.8 Å². The molecule has 0 atom stereocenters. The molecule has 0 bridgehead atoms. The Morgan fingerprint density at radius 2 is 1.84 bits per heavy atom. The molecule has 1 aliphatic rings. The van der Waals surface area contributed by atoms with Gasteiger partial charge in [-0.2, -0.15) is 0 Å². The van der Waals surface area contributed by atoms with E-state index in [-0.39, 0.29) is 11.0 Å². The third-order valence-corrected chi connectivity index (χ3v) is 3.96. The zero-order valence-corrected chi connectivity index (χ0v) is 12.7. The Kier molecular flexibility index (Phi) is 3.81. The zero-order chi connectivity index (χ0) is 14.1. The lowest BCUT2D eigenvalue weighted by atomic mass is 9.91. The highest BCUT2D eigenvalue weighted by Crippen LogP contribution is 2.40. The molecule has 0 amide bonds. The summed E-state index contributed by atoms with van der Waals surface area (Å²) in [6, 6.07) is 2.03. The van der Waals surface area contributed by atoms with Gasteiger partial charge in [0.05, 0.1) is 5.69 Å². The van der Waals surface area contributed by atoms with Crippen LogP contribution >= 0.6 is 0 Å². The van der Waals surface area contributed by atoms with Gasteiger partial charge in [0, 0.05) is 25.6 Å². The molecule has 1 heterocycles. The summed E-state index contributed by atoms with van der Waals surface area (Å²) >= 11 is 0. The minimum Gasteiger partial charge on any atom is -0.373 e. The molecule has 1 aromatic rings. The Morgan fingerprint density at radius 1 is 1.21 bits per heavy atom. The second kappa shape index (κ2) is 5.08. The molecular formula is C15H25N3O. The van der Waals surface area contributed by atoms with E-state index in [1.807, 2.05) is 13.1 Å². The second-order valence-electron chi connectivity index (χ2n) is 6.37. The normalized spacial score (nSPS) is 18.6. The van der Waals surface area contributed by atoms with Gasteiger partial charge in [-0.05, 0) is 25.7 Å². The summed E-state index contributed by atoms with van der Waals surface area (Å²) in [5, 5.41) is 3.14. The Balaban J connectivity index is 2.50. The first-order valence-electron chi connectivity index (χ1n) is 7.04. The Morgan fingerprint density at radius 3 is 2.32 bits per heavy atom. The molecule has 1 aromatic heterocycles. The van der Waals surface area contributed by atoms with Crippen molar-refractivity contribution < 1.29 is 4.74 Å². The monoisotopic (exact) mass is 263 g/mol. The number of nitrogens with zero attached hydrogens (tertiary/aromatic N) is 2. The van der Waals surface area contributed by atoms with Crippen LogP contribution in [0, 0.1) is 0 Å². The lowest BCUT2D eigenvalue weighted by Gasteiger charge is -2.28. The summed E-state index contributed by atoms with van der Waals surface area (Å²) in [5.74, 6) is 1.71. The zero-order valence-electron chi connectivity index (χ0n) is 12.7. The molecule has 0 aromatic carbocycles. The van der Waals surface area contributed by atoms with E-state index in [1.54, 1.807) is 7.11 Å². The third kappa shape index (κ3) is 2.73. The summed E-state index contributed by atoms with van der Waals surface area (Å²) in [6.07, 6.45) is 4.40. The largest absolute Gasteiger partial charge is 0.373 e. The molecule has 0 radical (unpaired) electrons. The van der Waals surface area contributed by atoms with Crippen LogP contribution in [-0.4, -0.2) is 24.1 Å². The van der Waals surface area contributed by atoms with Gasteiger partial charge < -0.3 is 10.1 Å². The van der Waals surface area contributed by atoms with Crippen LogP contribution in [0.3, 0.4) is 0 Å². The van der Waals surface area contributed by atoms with Crippen molar-refractivity contribution in [2.24, 2.45) is 0 Å². The Labute approximate surface area is 116 Å². The second-order valence-corrected chi connectivity index (χ2v) is 6.37. The fraction of sp³-hybridized carbons (Fsp3) is 0.733. The van der Waals surface area contributed by atoms with Gasteiger partial charge in [-0.15, -0.1) is 0 Å². The van der Waals surface area contributed by atoms with Crippen molar-refractivity contribution in [3.05, 3.63) is 17.6 Å². The van der Waals surface area contributed by atoms with Crippen molar-refractivity contribution in [1.29, 1.82) is 0 Å². The number of rotatable bonds is 3. The van der Waals surface area contributed by atoms with Crippen LogP contribution in [0.15, 0.2) is 6.07 Å². The minimum absolute atomic E-state index is 0.0107. The molecule has 0 aliphatic heterocycles. The number of aromatic nitrogens is 2. The molecular weight excluding hydrogens is 238 g/mol. The number of anilines is 1. The molecule has 1 aliphatic carbocycles. The summed E-state index contributed by atoms with van der Waals surface area (Å²) in [4.78, 5) is 9.44. The molecule has 0 unspecified atom stereocenters. The maximum Gasteiger partial charge on any atom is 0.162 e. The lowest BCUT2D eigenvalue weighted by molar-refractivity contribution is -0.0164. The van der Waals surface area contributed by atoms with Crippen molar-refractivity contribution in [2.75, 3.05) is 19.5 Å². The first-order chi connectivity index (χ1) is 8.91. The van der Waals surface area contributed by atoms with E-state index >= 15 is 0 Å².